The molecule has 2 nitrogen and oxygen atoms in total. The average molecular weight is 203 g/mol. The second-order valence-electron chi connectivity index (χ2n) is 4.44. The molecule has 1 aromatic carbocycles. The monoisotopic (exact) mass is 203 g/mol. The highest BCUT2D eigenvalue weighted by atomic mass is 16.1. The van der Waals surface area contributed by atoms with Gasteiger partial charge in [0.25, 0.3) is 0 Å². The Bertz CT molecular complexity index is 369. The van der Waals surface area contributed by atoms with E-state index in [1.165, 1.54) is 12.8 Å². The molecule has 0 aromatic heterocycles. The van der Waals surface area contributed by atoms with Gasteiger partial charge in [0.15, 0.2) is 5.78 Å². The lowest BCUT2D eigenvalue weighted by Crippen LogP contribution is -2.26. The van der Waals surface area contributed by atoms with E-state index in [0.29, 0.717) is 12.3 Å². The van der Waals surface area contributed by atoms with Crippen molar-refractivity contribution < 1.29 is 4.79 Å². The molecule has 15 heavy (non-hydrogen) atoms. The van der Waals surface area contributed by atoms with Crippen molar-refractivity contribution in [2.75, 3.05) is 0 Å². The fourth-order valence-electron chi connectivity index (χ4n) is 1.90. The molecule has 0 saturated heterocycles. The van der Waals surface area contributed by atoms with Crippen molar-refractivity contribution >= 4 is 5.78 Å². The fourth-order valence-corrected chi connectivity index (χ4v) is 1.90. The predicted octanol–water partition coefficient (Wildman–Crippen LogP) is 2.31. The van der Waals surface area contributed by atoms with Gasteiger partial charge in [-0.3, -0.25) is 4.79 Å². The number of rotatable bonds is 4. The van der Waals surface area contributed by atoms with Gasteiger partial charge >= 0.3 is 0 Å². The van der Waals surface area contributed by atoms with Crippen LogP contribution < -0.4 is 5.73 Å². The van der Waals surface area contributed by atoms with Crippen LogP contribution in [0.25, 0.3) is 0 Å². The van der Waals surface area contributed by atoms with Crippen LogP contribution in [0, 0.1) is 12.8 Å². The molecule has 1 atom stereocenters. The third kappa shape index (κ3) is 2.45. The molecule has 0 radical (unpaired) electrons. The summed E-state index contributed by atoms with van der Waals surface area (Å²) in [6.45, 7) is 1.97. The molecular weight excluding hydrogens is 186 g/mol. The molecule has 1 aromatic rings. The van der Waals surface area contributed by atoms with Gasteiger partial charge in [0.05, 0.1) is 0 Å². The quantitative estimate of drug-likeness (QED) is 0.763. The first-order valence-corrected chi connectivity index (χ1v) is 5.53. The van der Waals surface area contributed by atoms with Gasteiger partial charge in [-0.25, -0.2) is 0 Å². The zero-order chi connectivity index (χ0) is 10.8. The lowest BCUT2D eigenvalue weighted by molar-refractivity contribution is 0.0971. The Kier molecular flexibility index (Phi) is 2.87. The molecule has 0 spiro atoms. The van der Waals surface area contributed by atoms with Gasteiger partial charge in [0.2, 0.25) is 0 Å². The van der Waals surface area contributed by atoms with Crippen LogP contribution >= 0.6 is 0 Å². The number of hydrogen-bond donors (Lipinski definition) is 1. The molecule has 2 rings (SSSR count). The SMILES string of the molecule is Cc1ccccc1C(=O)CC(N)C1CC1. The Morgan fingerprint density at radius 2 is 2.13 bits per heavy atom. The summed E-state index contributed by atoms with van der Waals surface area (Å²) in [5.41, 5.74) is 7.82. The van der Waals surface area contributed by atoms with Crippen molar-refractivity contribution in [3.05, 3.63) is 35.4 Å². The number of nitrogens with two attached hydrogens (primary N) is 1. The average Bonchev–Trinajstić information content (AvgIpc) is 3.01. The molecule has 1 unspecified atom stereocenters. The zero-order valence-corrected chi connectivity index (χ0v) is 9.07. The molecule has 1 aliphatic rings. The maximum atomic E-state index is 11.9. The van der Waals surface area contributed by atoms with Crippen molar-refractivity contribution in [3.63, 3.8) is 0 Å². The van der Waals surface area contributed by atoms with E-state index in [1.807, 2.05) is 31.2 Å². The summed E-state index contributed by atoms with van der Waals surface area (Å²) in [4.78, 5) is 11.9. The van der Waals surface area contributed by atoms with Gasteiger partial charge in [0.1, 0.15) is 0 Å². The highest BCUT2D eigenvalue weighted by Crippen LogP contribution is 2.33. The van der Waals surface area contributed by atoms with Gasteiger partial charge in [-0.05, 0) is 31.2 Å². The van der Waals surface area contributed by atoms with Gasteiger partial charge < -0.3 is 5.73 Å². The van der Waals surface area contributed by atoms with Crippen LogP contribution in [0.5, 0.6) is 0 Å². The van der Waals surface area contributed by atoms with E-state index >= 15 is 0 Å². The minimum atomic E-state index is 0.0668. The number of hydrogen-bond acceptors (Lipinski definition) is 2. The number of benzene rings is 1. The summed E-state index contributed by atoms with van der Waals surface area (Å²) in [6.07, 6.45) is 2.89. The number of Topliss-reactive ketones (excluding diaryl/α,β-unsaturated/α-hetero) is 1. The van der Waals surface area contributed by atoms with Crippen molar-refractivity contribution in [1.82, 2.24) is 0 Å². The second kappa shape index (κ2) is 4.15. The van der Waals surface area contributed by atoms with Crippen molar-refractivity contribution in [3.8, 4) is 0 Å². The van der Waals surface area contributed by atoms with Crippen LogP contribution in [0.3, 0.4) is 0 Å². The normalized spacial score (nSPS) is 17.5. The molecule has 1 fully saturated rings. The molecule has 1 aliphatic carbocycles. The Balaban J connectivity index is 2.04. The summed E-state index contributed by atoms with van der Waals surface area (Å²) in [6, 6.07) is 7.78. The first kappa shape index (κ1) is 10.4. The van der Waals surface area contributed by atoms with E-state index in [0.717, 1.165) is 11.1 Å². The van der Waals surface area contributed by atoms with Crippen LogP contribution in [0.15, 0.2) is 24.3 Å². The van der Waals surface area contributed by atoms with Crippen LogP contribution in [0.2, 0.25) is 0 Å². The standard InChI is InChI=1S/C13H17NO/c1-9-4-2-3-5-11(9)13(15)8-12(14)10-6-7-10/h2-5,10,12H,6-8,14H2,1H3. The summed E-state index contributed by atoms with van der Waals surface area (Å²) in [5, 5.41) is 0. The largest absolute Gasteiger partial charge is 0.327 e. The van der Waals surface area contributed by atoms with E-state index < -0.39 is 0 Å². The highest BCUT2D eigenvalue weighted by molar-refractivity contribution is 5.97. The third-order valence-electron chi connectivity index (χ3n) is 3.09. The molecule has 2 N–H and O–H groups in total. The molecule has 0 aliphatic heterocycles. The molecule has 0 amide bonds. The third-order valence-corrected chi connectivity index (χ3v) is 3.09. The lowest BCUT2D eigenvalue weighted by Gasteiger charge is -2.10. The van der Waals surface area contributed by atoms with E-state index in [-0.39, 0.29) is 11.8 Å². The Hall–Kier alpha value is -1.15. The maximum absolute atomic E-state index is 11.9. The summed E-state index contributed by atoms with van der Waals surface area (Å²) >= 11 is 0. The minimum Gasteiger partial charge on any atom is -0.327 e. The van der Waals surface area contributed by atoms with Crippen molar-refractivity contribution in [2.45, 2.75) is 32.2 Å². The molecule has 80 valence electrons. The number of carbonyl (C=O) groups is 1. The Morgan fingerprint density at radius 1 is 1.47 bits per heavy atom. The van der Waals surface area contributed by atoms with E-state index in [1.54, 1.807) is 0 Å². The lowest BCUT2D eigenvalue weighted by atomic mass is 9.98. The van der Waals surface area contributed by atoms with E-state index in [9.17, 15) is 4.79 Å². The first-order chi connectivity index (χ1) is 7.18. The number of aryl methyl sites for hydroxylation is 1. The first-order valence-electron chi connectivity index (χ1n) is 5.53. The highest BCUT2D eigenvalue weighted by Gasteiger charge is 2.30. The topological polar surface area (TPSA) is 43.1 Å². The van der Waals surface area contributed by atoms with E-state index in [4.69, 9.17) is 5.73 Å². The summed E-state index contributed by atoms with van der Waals surface area (Å²) in [7, 11) is 0. The van der Waals surface area contributed by atoms with Crippen LogP contribution in [-0.4, -0.2) is 11.8 Å². The van der Waals surface area contributed by atoms with Crippen LogP contribution in [-0.2, 0) is 0 Å². The Morgan fingerprint density at radius 3 is 2.73 bits per heavy atom. The number of carbonyl (C=O) groups excluding carboxylic acids is 1. The number of ketones is 1. The molecule has 0 heterocycles. The zero-order valence-electron chi connectivity index (χ0n) is 9.07. The van der Waals surface area contributed by atoms with Crippen molar-refractivity contribution in [2.24, 2.45) is 11.7 Å². The molecular formula is C13H17NO. The fraction of sp³-hybridized carbons (Fsp3) is 0.462. The molecule has 1 saturated carbocycles. The summed E-state index contributed by atoms with van der Waals surface area (Å²) < 4.78 is 0. The van der Waals surface area contributed by atoms with Gasteiger partial charge in [-0.15, -0.1) is 0 Å². The smallest absolute Gasteiger partial charge is 0.164 e. The maximum Gasteiger partial charge on any atom is 0.164 e. The predicted molar refractivity (Wildman–Crippen MR) is 60.8 cm³/mol. The van der Waals surface area contributed by atoms with E-state index in [2.05, 4.69) is 0 Å². The van der Waals surface area contributed by atoms with Crippen LogP contribution in [0.1, 0.15) is 35.2 Å². The van der Waals surface area contributed by atoms with Gasteiger partial charge in [0, 0.05) is 18.0 Å². The second-order valence-corrected chi connectivity index (χ2v) is 4.44. The summed E-state index contributed by atoms with van der Waals surface area (Å²) in [5.74, 6) is 0.783. The van der Waals surface area contributed by atoms with Crippen molar-refractivity contribution in [1.29, 1.82) is 0 Å². The van der Waals surface area contributed by atoms with Crippen LogP contribution in [0.4, 0.5) is 0 Å². The molecule has 2 heteroatoms. The Labute approximate surface area is 90.5 Å². The minimum absolute atomic E-state index is 0.0668. The van der Waals surface area contributed by atoms with Gasteiger partial charge in [-0.2, -0.15) is 0 Å². The van der Waals surface area contributed by atoms with Gasteiger partial charge in [-0.1, -0.05) is 24.3 Å². The molecule has 0 bridgehead atoms.